The molecule has 1 aromatic rings. The number of hydrogen-bond acceptors (Lipinski definition) is 6. The van der Waals surface area contributed by atoms with E-state index in [2.05, 4.69) is 48.4 Å². The first-order valence-electron chi connectivity index (χ1n) is 11.1. The number of ether oxygens (including phenoxy) is 1. The number of rotatable bonds is 4. The van der Waals surface area contributed by atoms with E-state index < -0.39 is 5.60 Å². The Bertz CT molecular complexity index is 769. The lowest BCUT2D eigenvalue weighted by Crippen LogP contribution is -2.45. The van der Waals surface area contributed by atoms with Crippen LogP contribution in [0, 0.1) is 0 Å². The number of nitrogens with one attached hydrogen (secondary N) is 2. The number of piperazine rings is 1. The molecule has 2 aliphatic rings. The molecule has 0 saturated carbocycles. The van der Waals surface area contributed by atoms with Crippen LogP contribution in [0.5, 0.6) is 0 Å². The molecule has 1 aromatic heterocycles. The van der Waals surface area contributed by atoms with Gasteiger partial charge in [0.25, 0.3) is 0 Å². The molecule has 2 saturated heterocycles. The number of carbonyl (C=O) groups excluding carboxylic acids is 1. The number of anilines is 1. The van der Waals surface area contributed by atoms with Crippen LogP contribution in [0.1, 0.15) is 32.8 Å². The van der Waals surface area contributed by atoms with Crippen LogP contribution in [0.4, 0.5) is 10.6 Å². The highest BCUT2D eigenvalue weighted by atomic mass is 16.6. The van der Waals surface area contributed by atoms with Crippen molar-refractivity contribution in [3.8, 4) is 0 Å². The minimum Gasteiger partial charge on any atom is -0.444 e. The summed E-state index contributed by atoms with van der Waals surface area (Å²) in [6.45, 7) is 12.0. The van der Waals surface area contributed by atoms with E-state index in [-0.39, 0.29) is 12.1 Å². The molecule has 1 amide bonds. The molecule has 31 heavy (non-hydrogen) atoms. The molecule has 3 heterocycles. The van der Waals surface area contributed by atoms with Crippen LogP contribution in [0.2, 0.25) is 0 Å². The van der Waals surface area contributed by atoms with Gasteiger partial charge in [0.1, 0.15) is 11.4 Å². The fraction of sp³-hybridized carbons (Fsp3) is 0.682. The number of aromatic nitrogens is 1. The monoisotopic (exact) mass is 431 g/mol. The number of likely N-dealkylation sites (N-methyl/N-ethyl adjacent to an activating group) is 1. The second kappa shape index (κ2) is 10.2. The highest BCUT2D eigenvalue weighted by Crippen LogP contribution is 2.16. The van der Waals surface area contributed by atoms with Gasteiger partial charge in [-0.05, 0) is 51.9 Å². The van der Waals surface area contributed by atoms with Crippen LogP contribution in [-0.2, 0) is 11.3 Å². The largest absolute Gasteiger partial charge is 0.444 e. The summed E-state index contributed by atoms with van der Waals surface area (Å²) < 4.78 is 5.37. The van der Waals surface area contributed by atoms with Crippen molar-refractivity contribution in [1.29, 1.82) is 0 Å². The Morgan fingerprint density at radius 2 is 2.00 bits per heavy atom. The zero-order valence-corrected chi connectivity index (χ0v) is 19.5. The molecule has 0 radical (unpaired) electrons. The summed E-state index contributed by atoms with van der Waals surface area (Å²) in [5.41, 5.74) is 0.681. The average Bonchev–Trinajstić information content (AvgIpc) is 3.16. The molecule has 172 valence electrons. The van der Waals surface area contributed by atoms with Crippen molar-refractivity contribution in [1.82, 2.24) is 25.4 Å². The summed E-state index contributed by atoms with van der Waals surface area (Å²) >= 11 is 0. The van der Waals surface area contributed by atoms with E-state index in [1.807, 2.05) is 33.0 Å². The van der Waals surface area contributed by atoms with Gasteiger partial charge in [-0.25, -0.2) is 9.78 Å². The third-order valence-corrected chi connectivity index (χ3v) is 5.51. The van der Waals surface area contributed by atoms with E-state index in [9.17, 15) is 4.79 Å². The number of guanidine groups is 1. The quantitative estimate of drug-likeness (QED) is 0.552. The minimum atomic E-state index is -0.493. The zero-order chi connectivity index (χ0) is 22.4. The summed E-state index contributed by atoms with van der Waals surface area (Å²) in [6.07, 6.45) is 2.38. The van der Waals surface area contributed by atoms with Crippen LogP contribution in [0.3, 0.4) is 0 Å². The van der Waals surface area contributed by atoms with Crippen molar-refractivity contribution < 1.29 is 9.53 Å². The van der Waals surface area contributed by atoms with Crippen molar-refractivity contribution in [2.75, 3.05) is 58.3 Å². The van der Waals surface area contributed by atoms with E-state index in [1.165, 1.54) is 5.56 Å². The van der Waals surface area contributed by atoms with Crippen LogP contribution >= 0.6 is 0 Å². The SMILES string of the molecule is CN=C(NCc1ccnc(N2CCN(C)CC2)c1)N1CCC(NC(=O)OC(C)(C)C)C1. The first-order chi connectivity index (χ1) is 14.7. The summed E-state index contributed by atoms with van der Waals surface area (Å²) in [5, 5.41) is 6.42. The molecule has 1 unspecified atom stereocenters. The predicted octanol–water partition coefficient (Wildman–Crippen LogP) is 1.51. The van der Waals surface area contributed by atoms with E-state index in [0.29, 0.717) is 13.1 Å². The third kappa shape index (κ3) is 6.99. The Morgan fingerprint density at radius 3 is 2.68 bits per heavy atom. The number of nitrogens with zero attached hydrogens (tertiary/aromatic N) is 5. The van der Waals surface area contributed by atoms with E-state index in [0.717, 1.165) is 50.9 Å². The molecule has 2 fully saturated rings. The highest BCUT2D eigenvalue weighted by molar-refractivity contribution is 5.80. The Kier molecular flexibility index (Phi) is 7.59. The van der Waals surface area contributed by atoms with Crippen LogP contribution < -0.4 is 15.5 Å². The van der Waals surface area contributed by atoms with Crippen molar-refractivity contribution >= 4 is 17.9 Å². The number of pyridine rings is 1. The standard InChI is InChI=1S/C22H37N7O2/c1-22(2,3)31-21(30)26-18-7-9-29(16-18)20(23-4)25-15-17-6-8-24-19(14-17)28-12-10-27(5)11-13-28/h6,8,14,18H,7,9-13,15-16H2,1-5H3,(H,23,25)(H,26,30). The summed E-state index contributed by atoms with van der Waals surface area (Å²) in [6, 6.07) is 4.25. The number of aliphatic imine (C=N–C) groups is 1. The maximum atomic E-state index is 12.0. The van der Waals surface area contributed by atoms with Gasteiger partial charge < -0.3 is 30.1 Å². The number of alkyl carbamates (subject to hydrolysis) is 1. The number of hydrogen-bond donors (Lipinski definition) is 2. The van der Waals surface area contributed by atoms with Crippen molar-refractivity contribution in [2.45, 2.75) is 45.4 Å². The van der Waals surface area contributed by atoms with Gasteiger partial charge in [-0.2, -0.15) is 0 Å². The van der Waals surface area contributed by atoms with Crippen molar-refractivity contribution in [2.24, 2.45) is 4.99 Å². The van der Waals surface area contributed by atoms with E-state index >= 15 is 0 Å². The second-order valence-electron chi connectivity index (χ2n) is 9.29. The van der Waals surface area contributed by atoms with Crippen molar-refractivity contribution in [3.05, 3.63) is 23.9 Å². The molecule has 0 bridgehead atoms. The maximum Gasteiger partial charge on any atom is 0.407 e. The van der Waals surface area contributed by atoms with Gasteiger partial charge in [0.05, 0.1) is 6.04 Å². The zero-order valence-electron chi connectivity index (χ0n) is 19.5. The summed E-state index contributed by atoms with van der Waals surface area (Å²) in [5.74, 6) is 1.87. The molecule has 2 N–H and O–H groups in total. The van der Waals surface area contributed by atoms with Crippen LogP contribution in [0.15, 0.2) is 23.3 Å². The number of carbonyl (C=O) groups is 1. The van der Waals surface area contributed by atoms with Gasteiger partial charge in [-0.3, -0.25) is 4.99 Å². The molecule has 2 aliphatic heterocycles. The predicted molar refractivity (Wildman–Crippen MR) is 123 cm³/mol. The van der Waals surface area contributed by atoms with Crippen LogP contribution in [0.25, 0.3) is 0 Å². The minimum absolute atomic E-state index is 0.0539. The first-order valence-corrected chi connectivity index (χ1v) is 11.1. The van der Waals surface area contributed by atoms with Crippen LogP contribution in [-0.4, -0.2) is 91.8 Å². The van der Waals surface area contributed by atoms with Gasteiger partial charge in [-0.15, -0.1) is 0 Å². The van der Waals surface area contributed by atoms with E-state index in [1.54, 1.807) is 7.05 Å². The van der Waals surface area contributed by atoms with E-state index in [4.69, 9.17) is 4.74 Å². The fourth-order valence-electron chi connectivity index (χ4n) is 3.84. The highest BCUT2D eigenvalue weighted by Gasteiger charge is 2.27. The molecule has 3 rings (SSSR count). The topological polar surface area (TPSA) is 85.3 Å². The second-order valence-corrected chi connectivity index (χ2v) is 9.29. The Hall–Kier alpha value is -2.55. The summed E-state index contributed by atoms with van der Waals surface area (Å²) in [7, 11) is 3.95. The Morgan fingerprint density at radius 1 is 1.26 bits per heavy atom. The first kappa shape index (κ1) is 23.1. The number of amides is 1. The average molecular weight is 432 g/mol. The van der Waals surface area contributed by atoms with Gasteiger partial charge in [0, 0.05) is 59.1 Å². The molecule has 9 nitrogen and oxygen atoms in total. The third-order valence-electron chi connectivity index (χ3n) is 5.51. The lowest BCUT2D eigenvalue weighted by atomic mass is 10.2. The lowest BCUT2D eigenvalue weighted by Gasteiger charge is -2.33. The van der Waals surface area contributed by atoms with Gasteiger partial charge in [0.15, 0.2) is 5.96 Å². The molecular formula is C22H37N7O2. The fourth-order valence-corrected chi connectivity index (χ4v) is 3.84. The smallest absolute Gasteiger partial charge is 0.407 e. The van der Waals surface area contributed by atoms with Gasteiger partial charge in [0.2, 0.25) is 0 Å². The van der Waals surface area contributed by atoms with Crippen molar-refractivity contribution in [3.63, 3.8) is 0 Å². The summed E-state index contributed by atoms with van der Waals surface area (Å²) in [4.78, 5) is 27.9. The molecule has 9 heteroatoms. The molecular weight excluding hydrogens is 394 g/mol. The molecule has 0 aromatic carbocycles. The van der Waals surface area contributed by atoms with Gasteiger partial charge in [-0.1, -0.05) is 0 Å². The number of likely N-dealkylation sites (tertiary alicyclic amines) is 1. The normalized spacial score (nSPS) is 20.7. The molecule has 0 aliphatic carbocycles. The molecule has 1 atom stereocenters. The molecule has 0 spiro atoms. The Balaban J connectivity index is 1.50. The maximum absolute atomic E-state index is 12.0. The van der Waals surface area contributed by atoms with Gasteiger partial charge >= 0.3 is 6.09 Å². The lowest BCUT2D eigenvalue weighted by molar-refractivity contribution is 0.0507. The Labute approximate surface area is 185 Å².